The minimum absolute atomic E-state index is 0.226. The van der Waals surface area contributed by atoms with Gasteiger partial charge in [-0.2, -0.15) is 0 Å². The fourth-order valence-electron chi connectivity index (χ4n) is 2.92. The lowest BCUT2D eigenvalue weighted by molar-refractivity contribution is 0.0635. The topological polar surface area (TPSA) is 106 Å². The number of carbonyl (C=O) groups excluding carboxylic acids is 3. The number of hydrogen-bond donors (Lipinski definition) is 2. The molecule has 3 amide bonds. The second-order valence-corrected chi connectivity index (χ2v) is 8.37. The smallest absolute Gasteiger partial charge is 0.412 e. The van der Waals surface area contributed by atoms with Crippen LogP contribution in [0.15, 0.2) is 40.9 Å². The summed E-state index contributed by atoms with van der Waals surface area (Å²) in [6.07, 6.45) is 1.02. The van der Waals surface area contributed by atoms with Gasteiger partial charge >= 0.3 is 6.09 Å². The Labute approximate surface area is 179 Å². The Kier molecular flexibility index (Phi) is 5.79. The van der Waals surface area contributed by atoms with Gasteiger partial charge in [0.25, 0.3) is 11.8 Å². The Bertz CT molecular complexity index is 1150. The van der Waals surface area contributed by atoms with Gasteiger partial charge in [-0.1, -0.05) is 0 Å². The van der Waals surface area contributed by atoms with E-state index < -0.39 is 11.7 Å². The Balaban J connectivity index is 1.74. The molecule has 0 unspecified atom stereocenters. The summed E-state index contributed by atoms with van der Waals surface area (Å²) in [6, 6.07) is 8.31. The molecule has 0 bridgehead atoms. The van der Waals surface area contributed by atoms with Crippen LogP contribution in [0.2, 0.25) is 0 Å². The monoisotopic (exact) mass is 426 g/mol. The Morgan fingerprint density at radius 3 is 2.39 bits per heavy atom. The van der Waals surface area contributed by atoms with Crippen LogP contribution in [-0.2, 0) is 11.8 Å². The van der Waals surface area contributed by atoms with Gasteiger partial charge in [0.1, 0.15) is 16.9 Å². The molecule has 31 heavy (non-hydrogen) atoms. The molecule has 1 aromatic carbocycles. The number of benzene rings is 1. The standard InChI is InChI=1S/C22H26N4O5/c1-22(2,3)31-21(29)24-15-11-16(26(6)12-15)19(27)23-14-7-8-17-13(9-14)10-18(30-17)20(28)25(4)5/h7-12H,1-6H3,(H,23,27)(H,24,29). The van der Waals surface area contributed by atoms with Gasteiger partial charge in [-0.3, -0.25) is 14.9 Å². The first-order valence-corrected chi connectivity index (χ1v) is 9.66. The first kappa shape index (κ1) is 21.9. The molecule has 0 aliphatic heterocycles. The molecule has 164 valence electrons. The maximum Gasteiger partial charge on any atom is 0.412 e. The lowest BCUT2D eigenvalue weighted by atomic mass is 10.2. The molecular formula is C22H26N4O5. The second-order valence-electron chi connectivity index (χ2n) is 8.37. The molecule has 0 radical (unpaired) electrons. The number of carbonyl (C=O) groups is 3. The number of nitrogens with one attached hydrogen (secondary N) is 2. The Morgan fingerprint density at radius 1 is 1.03 bits per heavy atom. The minimum atomic E-state index is -0.623. The molecule has 0 fully saturated rings. The number of rotatable bonds is 4. The maximum atomic E-state index is 12.7. The molecular weight excluding hydrogens is 400 g/mol. The van der Waals surface area contributed by atoms with Crippen LogP contribution in [0.4, 0.5) is 16.2 Å². The largest absolute Gasteiger partial charge is 0.451 e. The van der Waals surface area contributed by atoms with E-state index in [1.807, 2.05) is 0 Å². The van der Waals surface area contributed by atoms with Crippen molar-refractivity contribution < 1.29 is 23.5 Å². The van der Waals surface area contributed by atoms with E-state index in [0.717, 1.165) is 0 Å². The fourth-order valence-corrected chi connectivity index (χ4v) is 2.92. The van der Waals surface area contributed by atoms with Gasteiger partial charge in [0.05, 0.1) is 5.69 Å². The van der Waals surface area contributed by atoms with Crippen LogP contribution in [0, 0.1) is 0 Å². The summed E-state index contributed by atoms with van der Waals surface area (Å²) in [5, 5.41) is 6.13. The van der Waals surface area contributed by atoms with E-state index in [4.69, 9.17) is 9.15 Å². The quantitative estimate of drug-likeness (QED) is 0.654. The van der Waals surface area contributed by atoms with E-state index in [9.17, 15) is 14.4 Å². The van der Waals surface area contributed by atoms with Crippen molar-refractivity contribution in [1.82, 2.24) is 9.47 Å². The van der Waals surface area contributed by atoms with E-state index in [1.165, 1.54) is 4.90 Å². The number of aryl methyl sites for hydroxylation is 1. The highest BCUT2D eigenvalue weighted by atomic mass is 16.6. The summed E-state index contributed by atoms with van der Waals surface area (Å²) in [5.41, 5.74) is 1.26. The lowest BCUT2D eigenvalue weighted by Gasteiger charge is -2.19. The molecule has 0 atom stereocenters. The highest BCUT2D eigenvalue weighted by Gasteiger charge is 2.19. The van der Waals surface area contributed by atoms with Crippen LogP contribution in [0.1, 0.15) is 41.8 Å². The van der Waals surface area contributed by atoms with Crippen molar-refractivity contribution in [3.63, 3.8) is 0 Å². The lowest BCUT2D eigenvalue weighted by Crippen LogP contribution is -2.27. The molecule has 0 aliphatic carbocycles. The summed E-state index contributed by atoms with van der Waals surface area (Å²) >= 11 is 0. The Hall–Kier alpha value is -3.75. The van der Waals surface area contributed by atoms with Crippen molar-refractivity contribution in [1.29, 1.82) is 0 Å². The summed E-state index contributed by atoms with van der Waals surface area (Å²) in [5.74, 6) is -0.369. The van der Waals surface area contributed by atoms with Crippen LogP contribution in [0.5, 0.6) is 0 Å². The molecule has 3 rings (SSSR count). The van der Waals surface area contributed by atoms with Gasteiger partial charge in [-0.15, -0.1) is 0 Å². The number of anilines is 2. The number of amides is 3. The fraction of sp³-hybridized carbons (Fsp3) is 0.318. The molecule has 9 nitrogen and oxygen atoms in total. The third-order valence-electron chi connectivity index (χ3n) is 4.27. The number of hydrogen-bond acceptors (Lipinski definition) is 5. The van der Waals surface area contributed by atoms with E-state index >= 15 is 0 Å². The number of fused-ring (bicyclic) bond motifs is 1. The maximum absolute atomic E-state index is 12.7. The first-order chi connectivity index (χ1) is 14.4. The van der Waals surface area contributed by atoms with Gasteiger partial charge in [0.2, 0.25) is 0 Å². The van der Waals surface area contributed by atoms with Gasteiger partial charge < -0.3 is 23.9 Å². The van der Waals surface area contributed by atoms with Gasteiger partial charge in [0, 0.05) is 38.4 Å². The molecule has 0 spiro atoms. The van der Waals surface area contributed by atoms with E-state index in [-0.39, 0.29) is 17.6 Å². The van der Waals surface area contributed by atoms with Crippen molar-refractivity contribution in [2.24, 2.45) is 7.05 Å². The number of aromatic nitrogens is 1. The SMILES string of the molecule is CN(C)C(=O)c1cc2cc(NC(=O)c3cc(NC(=O)OC(C)(C)C)cn3C)ccc2o1. The van der Waals surface area contributed by atoms with E-state index in [1.54, 1.807) is 83.0 Å². The number of ether oxygens (including phenoxy) is 1. The van der Waals surface area contributed by atoms with Crippen LogP contribution < -0.4 is 10.6 Å². The van der Waals surface area contributed by atoms with Crippen molar-refractivity contribution >= 4 is 40.3 Å². The minimum Gasteiger partial charge on any atom is -0.451 e. The Morgan fingerprint density at radius 2 is 1.74 bits per heavy atom. The molecule has 2 N–H and O–H groups in total. The third kappa shape index (κ3) is 5.25. The molecule has 2 heterocycles. The predicted molar refractivity (Wildman–Crippen MR) is 117 cm³/mol. The third-order valence-corrected chi connectivity index (χ3v) is 4.27. The van der Waals surface area contributed by atoms with Gasteiger partial charge in [-0.05, 0) is 51.1 Å². The van der Waals surface area contributed by atoms with Crippen molar-refractivity contribution in [3.05, 3.63) is 48.0 Å². The average molecular weight is 426 g/mol. The normalized spacial score (nSPS) is 11.3. The number of furan rings is 1. The predicted octanol–water partition coefficient (Wildman–Crippen LogP) is 4.07. The van der Waals surface area contributed by atoms with Crippen LogP contribution in [-0.4, -0.2) is 47.1 Å². The van der Waals surface area contributed by atoms with Gasteiger partial charge in [-0.25, -0.2) is 4.79 Å². The van der Waals surface area contributed by atoms with Crippen LogP contribution >= 0.6 is 0 Å². The summed E-state index contributed by atoms with van der Waals surface area (Å²) in [7, 11) is 4.99. The number of nitrogens with zero attached hydrogens (tertiary/aromatic N) is 2. The van der Waals surface area contributed by atoms with Crippen LogP contribution in [0.25, 0.3) is 11.0 Å². The van der Waals surface area contributed by atoms with E-state index in [2.05, 4.69) is 10.6 Å². The van der Waals surface area contributed by atoms with Crippen molar-refractivity contribution in [2.75, 3.05) is 24.7 Å². The molecule has 3 aromatic rings. The van der Waals surface area contributed by atoms with Crippen molar-refractivity contribution in [3.8, 4) is 0 Å². The highest BCUT2D eigenvalue weighted by molar-refractivity contribution is 6.05. The highest BCUT2D eigenvalue weighted by Crippen LogP contribution is 2.24. The molecule has 0 saturated heterocycles. The molecule has 9 heteroatoms. The van der Waals surface area contributed by atoms with Gasteiger partial charge in [0.15, 0.2) is 5.76 Å². The molecule has 0 aliphatic rings. The summed E-state index contributed by atoms with van der Waals surface area (Å²) in [6.45, 7) is 5.31. The average Bonchev–Trinajstić information content (AvgIpc) is 3.22. The first-order valence-electron chi connectivity index (χ1n) is 9.66. The van der Waals surface area contributed by atoms with Crippen molar-refractivity contribution in [2.45, 2.75) is 26.4 Å². The van der Waals surface area contributed by atoms with E-state index in [0.29, 0.717) is 28.0 Å². The zero-order chi connectivity index (χ0) is 22.9. The molecule has 2 aromatic heterocycles. The molecule has 0 saturated carbocycles. The zero-order valence-corrected chi connectivity index (χ0v) is 18.4. The summed E-state index contributed by atoms with van der Waals surface area (Å²) in [4.78, 5) is 38.2. The van der Waals surface area contributed by atoms with Crippen LogP contribution in [0.3, 0.4) is 0 Å². The second kappa shape index (κ2) is 8.17. The zero-order valence-electron chi connectivity index (χ0n) is 18.4. The summed E-state index contributed by atoms with van der Waals surface area (Å²) < 4.78 is 12.4.